The average Bonchev–Trinajstić information content (AvgIpc) is 2.91. The third-order valence-corrected chi connectivity index (χ3v) is 3.81. The van der Waals surface area contributed by atoms with Crippen molar-refractivity contribution in [3.63, 3.8) is 0 Å². The molecule has 2 rings (SSSR count). The molecule has 7 heteroatoms. The third kappa shape index (κ3) is 3.28. The summed E-state index contributed by atoms with van der Waals surface area (Å²) in [5, 5.41) is 18.8. The van der Waals surface area contributed by atoms with E-state index in [0.717, 1.165) is 25.7 Å². The number of aromatic nitrogens is 2. The molecule has 1 atom stereocenters. The van der Waals surface area contributed by atoms with E-state index in [1.54, 1.807) is 17.9 Å². The Bertz CT molecular complexity index is 491. The summed E-state index contributed by atoms with van der Waals surface area (Å²) in [4.78, 5) is 12.2. The number of carbonyl (C=O) groups is 1. The van der Waals surface area contributed by atoms with E-state index in [9.17, 15) is 4.79 Å². The van der Waals surface area contributed by atoms with Gasteiger partial charge in [0.1, 0.15) is 0 Å². The van der Waals surface area contributed by atoms with Crippen LogP contribution in [-0.4, -0.2) is 32.8 Å². The molecular weight excluding hydrogens is 258 g/mol. The number of hydrogen-bond donors (Lipinski definition) is 3. The fraction of sp³-hybridized carbons (Fsp3) is 0.615. The molecule has 1 aromatic heterocycles. The molecule has 0 aromatic carbocycles. The number of nitrogens with zero attached hydrogens (tertiary/aromatic N) is 3. The number of nitrogens with two attached hydrogens (primary N) is 1. The molecular formula is C13H21N5O2. The third-order valence-electron chi connectivity index (χ3n) is 3.81. The summed E-state index contributed by atoms with van der Waals surface area (Å²) >= 11 is 0. The molecule has 7 nitrogen and oxygen atoms in total. The number of oxime groups is 1. The Kier molecular flexibility index (Phi) is 4.60. The van der Waals surface area contributed by atoms with Crippen LogP contribution in [0.5, 0.6) is 0 Å². The molecule has 1 fully saturated rings. The van der Waals surface area contributed by atoms with Crippen molar-refractivity contribution in [2.24, 2.45) is 23.9 Å². The zero-order valence-corrected chi connectivity index (χ0v) is 11.6. The molecule has 1 amide bonds. The molecule has 1 saturated carbocycles. The van der Waals surface area contributed by atoms with E-state index in [1.807, 2.05) is 0 Å². The SMILES string of the molecule is Cn1cc(C(=O)NC(/C(N)=N/O)C2CCCCC2)cn1. The first-order valence-electron chi connectivity index (χ1n) is 6.88. The standard InChI is InChI=1S/C13H21N5O2/c1-18-8-10(7-15-18)13(19)16-11(12(14)17-20)9-5-3-2-4-6-9/h7-9,11,20H,2-6H2,1H3,(H2,14,17)(H,16,19). The summed E-state index contributed by atoms with van der Waals surface area (Å²) in [6.45, 7) is 0. The van der Waals surface area contributed by atoms with Gasteiger partial charge >= 0.3 is 0 Å². The lowest BCUT2D eigenvalue weighted by molar-refractivity contribution is 0.0930. The van der Waals surface area contributed by atoms with Crippen LogP contribution in [0.4, 0.5) is 0 Å². The van der Waals surface area contributed by atoms with Gasteiger partial charge in [0.2, 0.25) is 0 Å². The van der Waals surface area contributed by atoms with Crippen molar-refractivity contribution in [2.45, 2.75) is 38.1 Å². The van der Waals surface area contributed by atoms with Gasteiger partial charge in [0, 0.05) is 13.2 Å². The highest BCUT2D eigenvalue weighted by molar-refractivity contribution is 5.98. The first kappa shape index (κ1) is 14.4. The predicted molar refractivity (Wildman–Crippen MR) is 74.4 cm³/mol. The zero-order valence-electron chi connectivity index (χ0n) is 11.6. The average molecular weight is 279 g/mol. The summed E-state index contributed by atoms with van der Waals surface area (Å²) in [7, 11) is 1.75. The van der Waals surface area contributed by atoms with Gasteiger partial charge in [-0.3, -0.25) is 9.48 Å². The fourth-order valence-electron chi connectivity index (χ4n) is 2.73. The second kappa shape index (κ2) is 6.40. The van der Waals surface area contributed by atoms with Gasteiger partial charge in [-0.25, -0.2) is 0 Å². The second-order valence-electron chi connectivity index (χ2n) is 5.28. The molecule has 0 radical (unpaired) electrons. The number of carbonyl (C=O) groups excluding carboxylic acids is 1. The molecule has 1 aliphatic rings. The summed E-state index contributed by atoms with van der Waals surface area (Å²) in [5.74, 6) is 0.0367. The van der Waals surface area contributed by atoms with E-state index in [-0.39, 0.29) is 17.7 Å². The molecule has 0 spiro atoms. The number of amidine groups is 1. The molecule has 1 aliphatic carbocycles. The topological polar surface area (TPSA) is 106 Å². The smallest absolute Gasteiger partial charge is 0.255 e. The first-order valence-corrected chi connectivity index (χ1v) is 6.88. The van der Waals surface area contributed by atoms with Crippen LogP contribution in [0.15, 0.2) is 17.5 Å². The minimum Gasteiger partial charge on any atom is -0.409 e. The first-order chi connectivity index (χ1) is 9.61. The molecule has 20 heavy (non-hydrogen) atoms. The summed E-state index contributed by atoms with van der Waals surface area (Å²) < 4.78 is 1.56. The van der Waals surface area contributed by atoms with E-state index in [2.05, 4.69) is 15.6 Å². The van der Waals surface area contributed by atoms with Crippen molar-refractivity contribution in [1.29, 1.82) is 0 Å². The Morgan fingerprint density at radius 2 is 2.25 bits per heavy atom. The number of rotatable bonds is 4. The Morgan fingerprint density at radius 1 is 1.55 bits per heavy atom. The molecule has 0 saturated heterocycles. The highest BCUT2D eigenvalue weighted by Gasteiger charge is 2.29. The van der Waals surface area contributed by atoms with Crippen LogP contribution < -0.4 is 11.1 Å². The van der Waals surface area contributed by atoms with Gasteiger partial charge in [-0.2, -0.15) is 5.10 Å². The lowest BCUT2D eigenvalue weighted by Crippen LogP contribution is -2.49. The summed E-state index contributed by atoms with van der Waals surface area (Å²) in [5.41, 5.74) is 6.22. The maximum atomic E-state index is 12.2. The molecule has 1 heterocycles. The lowest BCUT2D eigenvalue weighted by Gasteiger charge is -2.29. The van der Waals surface area contributed by atoms with Crippen LogP contribution in [0.1, 0.15) is 42.5 Å². The van der Waals surface area contributed by atoms with E-state index >= 15 is 0 Å². The van der Waals surface area contributed by atoms with Crippen LogP contribution in [0, 0.1) is 5.92 Å². The van der Waals surface area contributed by atoms with E-state index in [1.165, 1.54) is 12.6 Å². The highest BCUT2D eigenvalue weighted by Crippen LogP contribution is 2.26. The minimum absolute atomic E-state index is 0.0640. The Morgan fingerprint density at radius 3 is 2.80 bits per heavy atom. The van der Waals surface area contributed by atoms with Crippen LogP contribution in [-0.2, 0) is 7.05 Å². The molecule has 1 unspecified atom stereocenters. The van der Waals surface area contributed by atoms with Crippen LogP contribution in [0.25, 0.3) is 0 Å². The Balaban J connectivity index is 2.09. The van der Waals surface area contributed by atoms with Gasteiger partial charge in [0.25, 0.3) is 5.91 Å². The quantitative estimate of drug-likeness (QED) is 0.329. The predicted octanol–water partition coefficient (Wildman–Crippen LogP) is 0.845. The molecule has 110 valence electrons. The largest absolute Gasteiger partial charge is 0.409 e. The van der Waals surface area contributed by atoms with Crippen molar-refractivity contribution in [1.82, 2.24) is 15.1 Å². The van der Waals surface area contributed by atoms with Crippen molar-refractivity contribution in [2.75, 3.05) is 0 Å². The monoisotopic (exact) mass is 279 g/mol. The highest BCUT2D eigenvalue weighted by atomic mass is 16.4. The number of hydrogen-bond acceptors (Lipinski definition) is 4. The van der Waals surface area contributed by atoms with Crippen molar-refractivity contribution < 1.29 is 10.0 Å². The van der Waals surface area contributed by atoms with Crippen LogP contribution >= 0.6 is 0 Å². The van der Waals surface area contributed by atoms with Gasteiger partial charge in [0.15, 0.2) is 5.84 Å². The maximum Gasteiger partial charge on any atom is 0.255 e. The fourth-order valence-corrected chi connectivity index (χ4v) is 2.73. The van der Waals surface area contributed by atoms with Gasteiger partial charge < -0.3 is 16.3 Å². The van der Waals surface area contributed by atoms with Gasteiger partial charge in [-0.1, -0.05) is 24.4 Å². The van der Waals surface area contributed by atoms with Crippen molar-refractivity contribution >= 4 is 11.7 Å². The van der Waals surface area contributed by atoms with Gasteiger partial charge in [-0.05, 0) is 18.8 Å². The van der Waals surface area contributed by atoms with Gasteiger partial charge in [0.05, 0.1) is 17.8 Å². The molecule has 4 N–H and O–H groups in total. The minimum atomic E-state index is -0.423. The number of aryl methyl sites for hydroxylation is 1. The second-order valence-corrected chi connectivity index (χ2v) is 5.28. The normalized spacial score (nSPS) is 18.8. The maximum absolute atomic E-state index is 12.2. The Labute approximate surface area is 117 Å². The van der Waals surface area contributed by atoms with Crippen LogP contribution in [0.3, 0.4) is 0 Å². The molecule has 1 aromatic rings. The van der Waals surface area contributed by atoms with Crippen molar-refractivity contribution in [3.05, 3.63) is 18.0 Å². The zero-order chi connectivity index (χ0) is 14.5. The Hall–Kier alpha value is -2.05. The number of amides is 1. The molecule has 0 aliphatic heterocycles. The van der Waals surface area contributed by atoms with Crippen molar-refractivity contribution in [3.8, 4) is 0 Å². The summed E-state index contributed by atoms with van der Waals surface area (Å²) in [6, 6.07) is -0.423. The summed E-state index contributed by atoms with van der Waals surface area (Å²) in [6.07, 6.45) is 8.53. The van der Waals surface area contributed by atoms with E-state index in [0.29, 0.717) is 5.56 Å². The van der Waals surface area contributed by atoms with E-state index < -0.39 is 6.04 Å². The molecule has 0 bridgehead atoms. The van der Waals surface area contributed by atoms with Gasteiger partial charge in [-0.15, -0.1) is 0 Å². The lowest BCUT2D eigenvalue weighted by atomic mass is 9.83. The number of nitrogens with one attached hydrogen (secondary N) is 1. The van der Waals surface area contributed by atoms with Crippen LogP contribution in [0.2, 0.25) is 0 Å². The van der Waals surface area contributed by atoms with E-state index in [4.69, 9.17) is 10.9 Å².